The first-order valence-electron chi connectivity index (χ1n) is 10.8. The fourth-order valence-corrected chi connectivity index (χ4v) is 5.17. The number of carbonyl (C=O) groups excluding carboxylic acids is 1. The summed E-state index contributed by atoms with van der Waals surface area (Å²) in [5.41, 5.74) is 3.36. The summed E-state index contributed by atoms with van der Waals surface area (Å²) in [5, 5.41) is 1.19. The number of likely N-dealkylation sites (tertiary alicyclic amines) is 2. The highest BCUT2D eigenvalue weighted by Gasteiger charge is 2.31. The lowest BCUT2D eigenvalue weighted by atomic mass is 9.83. The van der Waals surface area contributed by atoms with Gasteiger partial charge in [-0.25, -0.2) is 0 Å². The van der Waals surface area contributed by atoms with E-state index in [4.69, 9.17) is 0 Å². The Kier molecular flexibility index (Phi) is 5.95. The molecule has 154 valence electrons. The molecule has 3 atom stereocenters. The first kappa shape index (κ1) is 20.0. The van der Waals surface area contributed by atoms with Crippen molar-refractivity contribution in [3.05, 3.63) is 41.6 Å². The molecule has 2 saturated heterocycles. The molecule has 1 unspecified atom stereocenters. The second kappa shape index (κ2) is 8.62. The van der Waals surface area contributed by atoms with Gasteiger partial charge in [-0.15, -0.1) is 0 Å². The molecule has 1 aromatic carbocycles. The third-order valence-corrected chi connectivity index (χ3v) is 6.51. The Hall–Kier alpha value is -2.27. The van der Waals surface area contributed by atoms with Gasteiger partial charge in [0.25, 0.3) is 0 Å². The fourth-order valence-electron chi connectivity index (χ4n) is 5.17. The number of hydrogen-bond acceptors (Lipinski definition) is 4. The van der Waals surface area contributed by atoms with E-state index >= 15 is 0 Å². The maximum absolute atomic E-state index is 13.1. The summed E-state index contributed by atoms with van der Waals surface area (Å²) in [6.45, 7) is 6.14. The first-order chi connectivity index (χ1) is 14.0. The Morgan fingerprint density at radius 2 is 2.14 bits per heavy atom. The van der Waals surface area contributed by atoms with Gasteiger partial charge < -0.3 is 9.80 Å². The molecule has 0 aliphatic carbocycles. The molecule has 5 heteroatoms. The Balaban J connectivity index is 1.57. The number of benzene rings is 1. The van der Waals surface area contributed by atoms with Gasteiger partial charge in [-0.05, 0) is 49.9 Å². The summed E-state index contributed by atoms with van der Waals surface area (Å²) >= 11 is 0. The van der Waals surface area contributed by atoms with Gasteiger partial charge in [0, 0.05) is 62.4 Å². The van der Waals surface area contributed by atoms with Crippen LogP contribution in [0.5, 0.6) is 0 Å². The van der Waals surface area contributed by atoms with E-state index < -0.39 is 0 Å². The lowest BCUT2D eigenvalue weighted by molar-refractivity contribution is -0.134. The zero-order chi connectivity index (χ0) is 20.4. The summed E-state index contributed by atoms with van der Waals surface area (Å²) in [6.07, 6.45) is 6.67. The van der Waals surface area contributed by atoms with Crippen LogP contribution in [0.25, 0.3) is 10.9 Å². The number of pyridine rings is 1. The van der Waals surface area contributed by atoms with Crippen LogP contribution in [0, 0.1) is 11.8 Å². The molecule has 5 nitrogen and oxygen atoms in total. The molecular weight excluding hydrogens is 360 g/mol. The summed E-state index contributed by atoms with van der Waals surface area (Å²) in [6, 6.07) is 8.50. The number of aliphatic imine (C=N–C) groups is 1. The minimum atomic E-state index is 0.332. The lowest BCUT2D eigenvalue weighted by Gasteiger charge is -2.37. The number of amides is 1. The fraction of sp³-hybridized carbons (Fsp3) is 0.542. The number of aromatic nitrogens is 1. The predicted octanol–water partition coefficient (Wildman–Crippen LogP) is 3.58. The Morgan fingerprint density at radius 1 is 1.28 bits per heavy atom. The van der Waals surface area contributed by atoms with E-state index in [1.165, 1.54) is 10.9 Å². The molecule has 0 bridgehead atoms. The molecule has 0 radical (unpaired) electrons. The molecule has 3 heterocycles. The third-order valence-electron chi connectivity index (χ3n) is 6.51. The normalized spacial score (nSPS) is 25.9. The smallest absolute Gasteiger partial charge is 0.222 e. The summed E-state index contributed by atoms with van der Waals surface area (Å²) in [4.78, 5) is 26.3. The van der Waals surface area contributed by atoms with Crippen LogP contribution in [0.1, 0.15) is 43.2 Å². The van der Waals surface area contributed by atoms with Crippen LogP contribution in [0.2, 0.25) is 0 Å². The quantitative estimate of drug-likeness (QED) is 0.748. The van der Waals surface area contributed by atoms with E-state index in [2.05, 4.69) is 51.9 Å². The van der Waals surface area contributed by atoms with Crippen molar-refractivity contribution in [1.29, 1.82) is 0 Å². The monoisotopic (exact) mass is 392 g/mol. The van der Waals surface area contributed by atoms with Crippen LogP contribution in [-0.4, -0.2) is 67.2 Å². The van der Waals surface area contributed by atoms with Crippen molar-refractivity contribution in [3.63, 3.8) is 0 Å². The van der Waals surface area contributed by atoms with Crippen LogP contribution < -0.4 is 0 Å². The van der Waals surface area contributed by atoms with E-state index in [9.17, 15) is 4.79 Å². The second-order valence-electron chi connectivity index (χ2n) is 8.99. The molecular formula is C24H32N4O. The lowest BCUT2D eigenvalue weighted by Crippen LogP contribution is -2.43. The van der Waals surface area contributed by atoms with E-state index in [0.717, 1.165) is 50.1 Å². The van der Waals surface area contributed by atoms with Gasteiger partial charge in [0.15, 0.2) is 0 Å². The zero-order valence-corrected chi connectivity index (χ0v) is 17.8. The highest BCUT2D eigenvalue weighted by atomic mass is 16.2. The van der Waals surface area contributed by atoms with Crippen molar-refractivity contribution in [2.45, 2.75) is 32.1 Å². The highest BCUT2D eigenvalue weighted by Crippen LogP contribution is 2.35. The number of hydrogen-bond donors (Lipinski definition) is 0. The van der Waals surface area contributed by atoms with Gasteiger partial charge >= 0.3 is 0 Å². The summed E-state index contributed by atoms with van der Waals surface area (Å²) in [5.74, 6) is 1.71. The molecule has 2 aliphatic rings. The molecule has 29 heavy (non-hydrogen) atoms. The van der Waals surface area contributed by atoms with Crippen molar-refractivity contribution in [1.82, 2.24) is 14.8 Å². The van der Waals surface area contributed by atoms with Gasteiger partial charge in [-0.2, -0.15) is 0 Å². The minimum Gasteiger partial charge on any atom is -0.342 e. The third kappa shape index (κ3) is 4.35. The van der Waals surface area contributed by atoms with Gasteiger partial charge in [-0.3, -0.25) is 14.8 Å². The number of carbonyl (C=O) groups is 1. The van der Waals surface area contributed by atoms with Gasteiger partial charge in [0.2, 0.25) is 5.91 Å². The molecule has 0 saturated carbocycles. The number of nitrogens with zero attached hydrogens (tertiary/aromatic N) is 4. The van der Waals surface area contributed by atoms with Crippen LogP contribution in [0.3, 0.4) is 0 Å². The van der Waals surface area contributed by atoms with Crippen molar-refractivity contribution in [2.24, 2.45) is 16.8 Å². The molecule has 2 aromatic rings. The van der Waals surface area contributed by atoms with Crippen molar-refractivity contribution in [2.75, 3.05) is 40.3 Å². The Bertz CT molecular complexity index is 909. The minimum absolute atomic E-state index is 0.332. The number of fused-ring (bicyclic) bond motifs is 1. The molecule has 0 spiro atoms. The predicted molar refractivity (Wildman–Crippen MR) is 119 cm³/mol. The maximum Gasteiger partial charge on any atom is 0.222 e. The molecule has 4 rings (SSSR count). The topological polar surface area (TPSA) is 48.8 Å². The summed E-state index contributed by atoms with van der Waals surface area (Å²) in [7, 11) is 3.94. The van der Waals surface area contributed by atoms with E-state index in [0.29, 0.717) is 30.1 Å². The highest BCUT2D eigenvalue weighted by molar-refractivity contribution is 5.99. The maximum atomic E-state index is 13.1. The van der Waals surface area contributed by atoms with E-state index in [1.54, 1.807) is 7.05 Å². The largest absolute Gasteiger partial charge is 0.342 e. The van der Waals surface area contributed by atoms with Crippen molar-refractivity contribution in [3.8, 4) is 0 Å². The van der Waals surface area contributed by atoms with Crippen LogP contribution in [0.15, 0.2) is 35.5 Å². The standard InChI is InChI=1S/C24H32N4O/c1-17-11-20(16-28(14-17)23(29)12-18-8-10-27(3)15-18)21-7-6-19(13-25-2)24-22(21)5-4-9-26-24/h4-7,9,13,17-18,20H,8,10-12,14-16H2,1-3H3/b25-13+/t17-,18?,20+/m1/s1. The number of rotatable bonds is 4. The molecule has 2 aliphatic heterocycles. The Labute approximate surface area is 173 Å². The zero-order valence-electron chi connectivity index (χ0n) is 17.8. The van der Waals surface area contributed by atoms with Crippen LogP contribution in [0.4, 0.5) is 0 Å². The van der Waals surface area contributed by atoms with Gasteiger partial charge in [-0.1, -0.05) is 25.1 Å². The molecule has 2 fully saturated rings. The summed E-state index contributed by atoms with van der Waals surface area (Å²) < 4.78 is 0. The average Bonchev–Trinajstić information content (AvgIpc) is 3.12. The van der Waals surface area contributed by atoms with Crippen LogP contribution in [-0.2, 0) is 4.79 Å². The van der Waals surface area contributed by atoms with Gasteiger partial charge in [0.1, 0.15) is 0 Å². The average molecular weight is 393 g/mol. The molecule has 0 N–H and O–H groups in total. The molecule has 1 amide bonds. The molecule has 1 aromatic heterocycles. The van der Waals surface area contributed by atoms with E-state index in [1.807, 2.05) is 18.5 Å². The SMILES string of the molecule is C/N=C/c1ccc([C@H]2C[C@@H](C)CN(C(=O)CC3CCN(C)C3)C2)c2cccnc12. The van der Waals surface area contributed by atoms with E-state index in [-0.39, 0.29) is 0 Å². The number of piperidine rings is 1. The van der Waals surface area contributed by atoms with Crippen LogP contribution >= 0.6 is 0 Å². The second-order valence-corrected chi connectivity index (χ2v) is 8.99. The first-order valence-corrected chi connectivity index (χ1v) is 10.8. The van der Waals surface area contributed by atoms with Gasteiger partial charge in [0.05, 0.1) is 5.52 Å². The Morgan fingerprint density at radius 3 is 2.90 bits per heavy atom. The van der Waals surface area contributed by atoms with Crippen molar-refractivity contribution < 1.29 is 4.79 Å². The van der Waals surface area contributed by atoms with Crippen molar-refractivity contribution >= 4 is 23.0 Å².